The van der Waals surface area contributed by atoms with Gasteiger partial charge in [0.15, 0.2) is 0 Å². The van der Waals surface area contributed by atoms with E-state index >= 15 is 0 Å². The van der Waals surface area contributed by atoms with E-state index in [1.54, 1.807) is 7.05 Å². The molecule has 1 heterocycles. The van der Waals surface area contributed by atoms with Crippen molar-refractivity contribution < 1.29 is 8.78 Å². The van der Waals surface area contributed by atoms with E-state index in [2.05, 4.69) is 15.3 Å². The van der Waals surface area contributed by atoms with Crippen molar-refractivity contribution in [1.82, 2.24) is 9.97 Å². The highest BCUT2D eigenvalue weighted by Crippen LogP contribution is 2.32. The summed E-state index contributed by atoms with van der Waals surface area (Å²) in [5.74, 6) is -0.269. The molecule has 0 radical (unpaired) electrons. The summed E-state index contributed by atoms with van der Waals surface area (Å²) in [6, 6.07) is 3.35. The number of halogens is 2. The van der Waals surface area contributed by atoms with Crippen LogP contribution in [0.3, 0.4) is 0 Å². The lowest BCUT2D eigenvalue weighted by Crippen LogP contribution is -1.98. The summed E-state index contributed by atoms with van der Waals surface area (Å²) in [4.78, 5) is 8.32. The van der Waals surface area contributed by atoms with Crippen molar-refractivity contribution in [3.63, 3.8) is 0 Å². The summed E-state index contributed by atoms with van der Waals surface area (Å²) in [6.07, 6.45) is 1.39. The molecule has 0 fully saturated rings. The molecule has 6 heteroatoms. The standard InChI is InChI=1S/C12H11F2N3S/c1-7-11(15-2)16-6-17-12(7)18-10-5-8(13)3-4-9(10)14/h3-6H,1-2H3,(H,15,16,17). The Morgan fingerprint density at radius 2 is 2.00 bits per heavy atom. The number of aromatic nitrogens is 2. The molecule has 0 atom stereocenters. The fraction of sp³-hybridized carbons (Fsp3) is 0.167. The maximum absolute atomic E-state index is 13.5. The van der Waals surface area contributed by atoms with Crippen LogP contribution in [0.5, 0.6) is 0 Å². The number of nitrogens with zero attached hydrogens (tertiary/aromatic N) is 2. The van der Waals surface area contributed by atoms with Crippen LogP contribution < -0.4 is 5.32 Å². The lowest BCUT2D eigenvalue weighted by Gasteiger charge is -2.08. The average molecular weight is 267 g/mol. The number of hydrogen-bond acceptors (Lipinski definition) is 4. The van der Waals surface area contributed by atoms with Crippen LogP contribution in [0.1, 0.15) is 5.56 Å². The van der Waals surface area contributed by atoms with Gasteiger partial charge < -0.3 is 5.32 Å². The second-order valence-electron chi connectivity index (χ2n) is 3.58. The molecule has 2 aromatic rings. The minimum Gasteiger partial charge on any atom is -0.373 e. The van der Waals surface area contributed by atoms with E-state index in [0.29, 0.717) is 10.8 Å². The average Bonchev–Trinajstić information content (AvgIpc) is 2.36. The summed E-state index contributed by atoms with van der Waals surface area (Å²) in [7, 11) is 1.74. The van der Waals surface area contributed by atoms with Gasteiger partial charge in [-0.15, -0.1) is 0 Å². The molecular weight excluding hydrogens is 256 g/mol. The number of anilines is 1. The predicted octanol–water partition coefficient (Wildman–Crippen LogP) is 3.26. The van der Waals surface area contributed by atoms with E-state index in [4.69, 9.17) is 0 Å². The first kappa shape index (κ1) is 12.8. The predicted molar refractivity (Wildman–Crippen MR) is 66.8 cm³/mol. The zero-order valence-corrected chi connectivity index (χ0v) is 10.7. The zero-order chi connectivity index (χ0) is 13.1. The fourth-order valence-corrected chi connectivity index (χ4v) is 2.34. The molecule has 0 bridgehead atoms. The molecule has 0 spiro atoms. The maximum Gasteiger partial charge on any atom is 0.137 e. The Morgan fingerprint density at radius 3 is 2.72 bits per heavy atom. The molecule has 0 saturated carbocycles. The van der Waals surface area contributed by atoms with E-state index in [9.17, 15) is 8.78 Å². The van der Waals surface area contributed by atoms with Gasteiger partial charge in [0.2, 0.25) is 0 Å². The van der Waals surface area contributed by atoms with Crippen LogP contribution in [-0.2, 0) is 0 Å². The van der Waals surface area contributed by atoms with Gasteiger partial charge in [0.1, 0.15) is 28.8 Å². The zero-order valence-electron chi connectivity index (χ0n) is 9.87. The van der Waals surface area contributed by atoms with Crippen LogP contribution in [0.2, 0.25) is 0 Å². The number of nitrogens with one attached hydrogen (secondary N) is 1. The van der Waals surface area contributed by atoms with Crippen LogP contribution in [0.25, 0.3) is 0 Å². The molecule has 0 aliphatic rings. The second kappa shape index (κ2) is 5.30. The van der Waals surface area contributed by atoms with Gasteiger partial charge in [-0.1, -0.05) is 11.8 Å². The van der Waals surface area contributed by atoms with Crippen LogP contribution in [0, 0.1) is 18.6 Å². The Hall–Kier alpha value is -1.69. The first-order valence-corrected chi connectivity index (χ1v) is 6.05. The highest BCUT2D eigenvalue weighted by atomic mass is 32.2. The third-order valence-electron chi connectivity index (χ3n) is 2.37. The van der Waals surface area contributed by atoms with Crippen LogP contribution in [-0.4, -0.2) is 17.0 Å². The first-order valence-electron chi connectivity index (χ1n) is 5.24. The molecule has 0 amide bonds. The molecule has 94 valence electrons. The molecule has 0 aliphatic heterocycles. The lowest BCUT2D eigenvalue weighted by atomic mass is 10.3. The molecule has 3 nitrogen and oxygen atoms in total. The van der Waals surface area contributed by atoms with E-state index < -0.39 is 11.6 Å². The Labute approximate surface area is 108 Å². The molecule has 0 aliphatic carbocycles. The number of hydrogen-bond donors (Lipinski definition) is 1. The first-order chi connectivity index (χ1) is 8.61. The lowest BCUT2D eigenvalue weighted by molar-refractivity contribution is 0.577. The van der Waals surface area contributed by atoms with Crippen LogP contribution >= 0.6 is 11.8 Å². The van der Waals surface area contributed by atoms with Gasteiger partial charge in [0.25, 0.3) is 0 Å². The van der Waals surface area contributed by atoms with Crippen molar-refractivity contribution in [3.05, 3.63) is 41.7 Å². The van der Waals surface area contributed by atoms with Gasteiger partial charge in [-0.05, 0) is 25.1 Å². The monoisotopic (exact) mass is 267 g/mol. The Bertz CT molecular complexity index is 575. The van der Waals surface area contributed by atoms with Gasteiger partial charge >= 0.3 is 0 Å². The summed E-state index contributed by atoms with van der Waals surface area (Å²) in [6.45, 7) is 1.82. The Balaban J connectivity index is 2.37. The molecule has 1 aromatic carbocycles. The normalized spacial score (nSPS) is 10.4. The smallest absolute Gasteiger partial charge is 0.137 e. The molecule has 1 aromatic heterocycles. The molecular formula is C12H11F2N3S. The number of benzene rings is 1. The topological polar surface area (TPSA) is 37.8 Å². The summed E-state index contributed by atoms with van der Waals surface area (Å²) in [5.41, 5.74) is 0.800. The van der Waals surface area contributed by atoms with Crippen molar-refractivity contribution in [2.75, 3.05) is 12.4 Å². The summed E-state index contributed by atoms with van der Waals surface area (Å²) in [5, 5.41) is 3.51. The van der Waals surface area contributed by atoms with Crippen molar-refractivity contribution in [2.45, 2.75) is 16.8 Å². The minimum atomic E-state index is -0.473. The van der Waals surface area contributed by atoms with Gasteiger partial charge in [-0.3, -0.25) is 0 Å². The fourth-order valence-electron chi connectivity index (χ4n) is 1.45. The third kappa shape index (κ3) is 2.59. The molecule has 0 unspecified atom stereocenters. The highest BCUT2D eigenvalue weighted by Gasteiger charge is 2.11. The SMILES string of the molecule is CNc1ncnc(Sc2cc(F)ccc2F)c1C. The van der Waals surface area contributed by atoms with E-state index in [-0.39, 0.29) is 4.90 Å². The summed E-state index contributed by atoms with van der Waals surface area (Å²) >= 11 is 1.08. The minimum absolute atomic E-state index is 0.207. The maximum atomic E-state index is 13.5. The van der Waals surface area contributed by atoms with Gasteiger partial charge in [-0.2, -0.15) is 0 Å². The number of rotatable bonds is 3. The molecule has 18 heavy (non-hydrogen) atoms. The van der Waals surface area contributed by atoms with Gasteiger partial charge in [0, 0.05) is 12.6 Å². The molecule has 2 rings (SSSR count). The van der Waals surface area contributed by atoms with Crippen LogP contribution in [0.4, 0.5) is 14.6 Å². The molecule has 0 saturated heterocycles. The van der Waals surface area contributed by atoms with Crippen molar-refractivity contribution >= 4 is 17.6 Å². The highest BCUT2D eigenvalue weighted by molar-refractivity contribution is 7.99. The van der Waals surface area contributed by atoms with Gasteiger partial charge in [0.05, 0.1) is 4.90 Å². The summed E-state index contributed by atoms with van der Waals surface area (Å²) < 4.78 is 26.6. The van der Waals surface area contributed by atoms with E-state index in [1.165, 1.54) is 6.33 Å². The van der Waals surface area contributed by atoms with Crippen molar-refractivity contribution in [2.24, 2.45) is 0 Å². The largest absolute Gasteiger partial charge is 0.373 e. The van der Waals surface area contributed by atoms with E-state index in [1.807, 2.05) is 6.92 Å². The van der Waals surface area contributed by atoms with E-state index in [0.717, 1.165) is 35.5 Å². The Morgan fingerprint density at radius 1 is 1.22 bits per heavy atom. The van der Waals surface area contributed by atoms with Gasteiger partial charge in [-0.25, -0.2) is 18.7 Å². The van der Waals surface area contributed by atoms with Crippen molar-refractivity contribution in [3.8, 4) is 0 Å². The van der Waals surface area contributed by atoms with Crippen LogP contribution in [0.15, 0.2) is 34.4 Å². The molecule has 1 N–H and O–H groups in total. The second-order valence-corrected chi connectivity index (χ2v) is 4.61. The van der Waals surface area contributed by atoms with Crippen molar-refractivity contribution in [1.29, 1.82) is 0 Å². The quantitative estimate of drug-likeness (QED) is 0.866. The Kier molecular flexibility index (Phi) is 3.76. The third-order valence-corrected chi connectivity index (χ3v) is 3.51.